The third-order valence-electron chi connectivity index (χ3n) is 1.84. The molecule has 0 unspecified atom stereocenters. The highest BCUT2D eigenvalue weighted by molar-refractivity contribution is 9.10. The Morgan fingerprint density at radius 3 is 2.86 bits per heavy atom. The highest BCUT2D eigenvalue weighted by atomic mass is 79.9. The quantitative estimate of drug-likeness (QED) is 0.840. The maximum atomic E-state index is 11.6. The zero-order valence-corrected chi connectivity index (χ0v) is 9.50. The monoisotopic (exact) mass is 257 g/mol. The van der Waals surface area contributed by atoms with Crippen LogP contribution in [-0.2, 0) is 0 Å². The molecule has 0 fully saturated rings. The first-order valence-corrected chi connectivity index (χ1v) is 5.05. The van der Waals surface area contributed by atoms with E-state index in [1.807, 2.05) is 6.07 Å². The highest BCUT2D eigenvalue weighted by Crippen LogP contribution is 2.24. The number of hydrogen-bond donors (Lipinski definition) is 1. The van der Waals surface area contributed by atoms with E-state index in [-0.39, 0.29) is 5.78 Å². The third kappa shape index (κ3) is 2.56. The molecule has 0 radical (unpaired) electrons. The molecule has 0 aliphatic carbocycles. The Morgan fingerprint density at radius 2 is 2.29 bits per heavy atom. The van der Waals surface area contributed by atoms with Crippen molar-refractivity contribution in [2.75, 3.05) is 13.7 Å². The smallest absolute Gasteiger partial charge is 0.167 e. The van der Waals surface area contributed by atoms with Crippen LogP contribution in [0.25, 0.3) is 0 Å². The molecule has 0 saturated heterocycles. The van der Waals surface area contributed by atoms with Gasteiger partial charge in [0.25, 0.3) is 0 Å². The van der Waals surface area contributed by atoms with E-state index >= 15 is 0 Å². The molecule has 1 aromatic rings. The predicted molar refractivity (Wildman–Crippen MR) is 58.7 cm³/mol. The summed E-state index contributed by atoms with van der Waals surface area (Å²) in [5.41, 5.74) is 5.90. The average Bonchev–Trinajstić information content (AvgIpc) is 2.17. The van der Waals surface area contributed by atoms with Gasteiger partial charge in [-0.1, -0.05) is 15.9 Å². The van der Waals surface area contributed by atoms with E-state index in [9.17, 15) is 4.79 Å². The summed E-state index contributed by atoms with van der Waals surface area (Å²) in [6.07, 6.45) is 0.345. The number of rotatable bonds is 4. The van der Waals surface area contributed by atoms with E-state index in [4.69, 9.17) is 10.5 Å². The first-order chi connectivity index (χ1) is 6.69. The molecular formula is C10H12BrNO2. The maximum absolute atomic E-state index is 11.6. The largest absolute Gasteiger partial charge is 0.496 e. The molecule has 4 heteroatoms. The molecule has 14 heavy (non-hydrogen) atoms. The fourth-order valence-electron chi connectivity index (χ4n) is 1.16. The van der Waals surface area contributed by atoms with Crippen molar-refractivity contribution >= 4 is 21.7 Å². The number of Topliss-reactive ketones (excluding diaryl/α,β-unsaturated/α-hetero) is 1. The van der Waals surface area contributed by atoms with Crippen molar-refractivity contribution in [3.05, 3.63) is 28.2 Å². The SMILES string of the molecule is COc1cc(Br)ccc1C(=O)CCN. The van der Waals surface area contributed by atoms with Gasteiger partial charge in [0.2, 0.25) is 0 Å². The molecule has 0 aliphatic heterocycles. The van der Waals surface area contributed by atoms with Crippen LogP contribution in [0.3, 0.4) is 0 Å². The van der Waals surface area contributed by atoms with E-state index in [0.717, 1.165) is 4.47 Å². The second-order valence-corrected chi connectivity index (χ2v) is 3.72. The molecule has 0 spiro atoms. The number of halogens is 1. The van der Waals surface area contributed by atoms with Gasteiger partial charge in [0.1, 0.15) is 5.75 Å². The minimum absolute atomic E-state index is 0.0110. The van der Waals surface area contributed by atoms with E-state index < -0.39 is 0 Å². The van der Waals surface area contributed by atoms with Crippen molar-refractivity contribution < 1.29 is 9.53 Å². The van der Waals surface area contributed by atoms with Crippen LogP contribution >= 0.6 is 15.9 Å². The van der Waals surface area contributed by atoms with E-state index in [2.05, 4.69) is 15.9 Å². The second-order valence-electron chi connectivity index (χ2n) is 2.81. The van der Waals surface area contributed by atoms with Crippen LogP contribution in [-0.4, -0.2) is 19.4 Å². The summed E-state index contributed by atoms with van der Waals surface area (Å²) in [6, 6.07) is 5.32. The normalized spacial score (nSPS) is 9.93. The van der Waals surface area contributed by atoms with Crippen LogP contribution in [0.4, 0.5) is 0 Å². The Bertz CT molecular complexity index is 339. The summed E-state index contributed by atoms with van der Waals surface area (Å²) in [6.45, 7) is 0.359. The molecule has 76 valence electrons. The van der Waals surface area contributed by atoms with Gasteiger partial charge in [0.05, 0.1) is 12.7 Å². The minimum atomic E-state index is 0.0110. The summed E-state index contributed by atoms with van der Waals surface area (Å²) in [5.74, 6) is 0.592. The highest BCUT2D eigenvalue weighted by Gasteiger charge is 2.11. The molecule has 3 nitrogen and oxygen atoms in total. The molecule has 0 atom stereocenters. The lowest BCUT2D eigenvalue weighted by Crippen LogP contribution is -2.09. The van der Waals surface area contributed by atoms with Crippen LogP contribution in [0.2, 0.25) is 0 Å². The number of nitrogens with two attached hydrogens (primary N) is 1. The summed E-state index contributed by atoms with van der Waals surface area (Å²) >= 11 is 3.31. The predicted octanol–water partition coefficient (Wildman–Crippen LogP) is 1.99. The summed E-state index contributed by atoms with van der Waals surface area (Å²) in [7, 11) is 1.54. The van der Waals surface area contributed by atoms with Gasteiger partial charge >= 0.3 is 0 Å². The van der Waals surface area contributed by atoms with Crippen LogP contribution in [0.1, 0.15) is 16.8 Å². The molecule has 0 aliphatic rings. The fraction of sp³-hybridized carbons (Fsp3) is 0.300. The third-order valence-corrected chi connectivity index (χ3v) is 2.33. The van der Waals surface area contributed by atoms with E-state index in [0.29, 0.717) is 24.3 Å². The molecule has 0 heterocycles. The fourth-order valence-corrected chi connectivity index (χ4v) is 1.50. The van der Waals surface area contributed by atoms with Crippen LogP contribution in [0.15, 0.2) is 22.7 Å². The summed E-state index contributed by atoms with van der Waals surface area (Å²) in [5, 5.41) is 0. The number of hydrogen-bond acceptors (Lipinski definition) is 3. The Hall–Kier alpha value is -0.870. The van der Waals surface area contributed by atoms with Crippen LogP contribution in [0, 0.1) is 0 Å². The Balaban J connectivity index is 3.01. The Labute approximate surface area is 91.4 Å². The molecule has 0 aromatic heterocycles. The zero-order valence-electron chi connectivity index (χ0n) is 7.92. The number of ketones is 1. The number of methoxy groups -OCH3 is 1. The summed E-state index contributed by atoms with van der Waals surface area (Å²) < 4.78 is 5.99. The van der Waals surface area contributed by atoms with Crippen molar-refractivity contribution in [2.24, 2.45) is 5.73 Å². The first-order valence-electron chi connectivity index (χ1n) is 4.26. The maximum Gasteiger partial charge on any atom is 0.167 e. The minimum Gasteiger partial charge on any atom is -0.496 e. The Kier molecular flexibility index (Phi) is 4.10. The van der Waals surface area contributed by atoms with Gasteiger partial charge in [0.15, 0.2) is 5.78 Å². The van der Waals surface area contributed by atoms with Gasteiger partial charge in [-0.05, 0) is 24.7 Å². The van der Waals surface area contributed by atoms with Gasteiger partial charge in [-0.15, -0.1) is 0 Å². The summed E-state index contributed by atoms with van der Waals surface area (Å²) in [4.78, 5) is 11.6. The Morgan fingerprint density at radius 1 is 1.57 bits per heavy atom. The molecule has 0 amide bonds. The van der Waals surface area contributed by atoms with Gasteiger partial charge in [-0.2, -0.15) is 0 Å². The lowest BCUT2D eigenvalue weighted by molar-refractivity contribution is 0.0982. The van der Waals surface area contributed by atoms with Gasteiger partial charge in [-0.3, -0.25) is 4.79 Å². The van der Waals surface area contributed by atoms with Gasteiger partial charge in [0, 0.05) is 10.9 Å². The topological polar surface area (TPSA) is 52.3 Å². The zero-order chi connectivity index (χ0) is 10.6. The molecule has 2 N–H and O–H groups in total. The van der Waals surface area contributed by atoms with Crippen molar-refractivity contribution in [3.8, 4) is 5.75 Å². The average molecular weight is 258 g/mol. The lowest BCUT2D eigenvalue weighted by Gasteiger charge is -2.07. The molecule has 0 bridgehead atoms. The van der Waals surface area contributed by atoms with Crippen LogP contribution < -0.4 is 10.5 Å². The molecule has 1 rings (SSSR count). The number of carbonyl (C=O) groups excluding carboxylic acids is 1. The van der Waals surface area contributed by atoms with Crippen LogP contribution in [0.5, 0.6) is 5.75 Å². The van der Waals surface area contributed by atoms with Crippen molar-refractivity contribution in [1.29, 1.82) is 0 Å². The molecule has 1 aromatic carbocycles. The van der Waals surface area contributed by atoms with Crippen molar-refractivity contribution in [1.82, 2.24) is 0 Å². The lowest BCUT2D eigenvalue weighted by atomic mass is 10.1. The number of ether oxygens (including phenoxy) is 1. The van der Waals surface area contributed by atoms with Crippen molar-refractivity contribution in [2.45, 2.75) is 6.42 Å². The van der Waals surface area contributed by atoms with Crippen molar-refractivity contribution in [3.63, 3.8) is 0 Å². The molecular weight excluding hydrogens is 246 g/mol. The van der Waals surface area contributed by atoms with Gasteiger partial charge < -0.3 is 10.5 Å². The van der Waals surface area contributed by atoms with E-state index in [1.165, 1.54) is 0 Å². The first kappa shape index (κ1) is 11.2. The molecule has 0 saturated carbocycles. The number of benzene rings is 1. The second kappa shape index (κ2) is 5.12. The van der Waals surface area contributed by atoms with Gasteiger partial charge in [-0.25, -0.2) is 0 Å². The number of carbonyl (C=O) groups is 1. The van der Waals surface area contributed by atoms with E-state index in [1.54, 1.807) is 19.2 Å². The standard InChI is InChI=1S/C10H12BrNO2/c1-14-10-6-7(11)2-3-8(10)9(13)4-5-12/h2-3,6H,4-5,12H2,1H3.